The van der Waals surface area contributed by atoms with Crippen molar-refractivity contribution in [2.24, 2.45) is 45.7 Å². The maximum atomic E-state index is 14.4. The summed E-state index contributed by atoms with van der Waals surface area (Å²) in [7, 11) is -3.56. The lowest BCUT2D eigenvalue weighted by Gasteiger charge is -2.40. The molecule has 5 amide bonds. The van der Waals surface area contributed by atoms with Gasteiger partial charge in [0.2, 0.25) is 27.6 Å². The van der Waals surface area contributed by atoms with Gasteiger partial charge in [-0.05, 0) is 65.6 Å². The maximum Gasteiger partial charge on any atom is 0.315 e. The first-order chi connectivity index (χ1) is 22.9. The van der Waals surface area contributed by atoms with Gasteiger partial charge in [0.25, 0.3) is 5.91 Å². The van der Waals surface area contributed by atoms with Crippen LogP contribution in [0.25, 0.3) is 0 Å². The molecule has 1 saturated heterocycles. The summed E-state index contributed by atoms with van der Waals surface area (Å²) in [6, 6.07) is -4.12. The Morgan fingerprint density at radius 1 is 0.880 bits per heavy atom. The van der Waals surface area contributed by atoms with Crippen LogP contribution in [0.4, 0.5) is 4.79 Å². The lowest BCUT2D eigenvalue weighted by molar-refractivity contribution is -0.145. The van der Waals surface area contributed by atoms with Gasteiger partial charge >= 0.3 is 6.03 Å². The van der Waals surface area contributed by atoms with Gasteiger partial charge in [-0.2, -0.15) is 4.31 Å². The van der Waals surface area contributed by atoms with Crippen LogP contribution in [-0.4, -0.2) is 97.2 Å². The highest BCUT2D eigenvalue weighted by Gasteiger charge is 2.70. The molecular formula is C36H62N6O7S. The number of nitrogens with one attached hydrogen (secondary N) is 3. The second-order valence-corrected chi connectivity index (χ2v) is 20.2. The number of urea groups is 1. The molecule has 1 heterocycles. The Bertz CT molecular complexity index is 1420. The number of piperidine rings is 1. The molecule has 0 bridgehead atoms. The van der Waals surface area contributed by atoms with E-state index in [0.717, 1.165) is 38.5 Å². The van der Waals surface area contributed by atoms with Crippen LogP contribution in [0.3, 0.4) is 0 Å². The first-order valence-electron chi connectivity index (χ1n) is 18.4. The first-order valence-corrected chi connectivity index (χ1v) is 20.3. The molecule has 4 aliphatic rings. The summed E-state index contributed by atoms with van der Waals surface area (Å²) < 4.78 is 27.3. The number of amides is 5. The van der Waals surface area contributed by atoms with Crippen LogP contribution in [0, 0.1) is 39.9 Å². The van der Waals surface area contributed by atoms with E-state index in [0.29, 0.717) is 25.9 Å². The number of ketones is 1. The molecule has 3 saturated carbocycles. The zero-order valence-corrected chi connectivity index (χ0v) is 32.5. The molecule has 0 aromatic rings. The number of carbonyl (C=O) groups is 5. The molecule has 284 valence electrons. The minimum absolute atomic E-state index is 0.0575. The predicted molar refractivity (Wildman–Crippen MR) is 191 cm³/mol. The van der Waals surface area contributed by atoms with E-state index in [2.05, 4.69) is 29.8 Å². The average Bonchev–Trinajstić information content (AvgIpc) is 3.28. The normalized spacial score (nSPS) is 25.9. The smallest absolute Gasteiger partial charge is 0.315 e. The van der Waals surface area contributed by atoms with E-state index in [9.17, 15) is 32.4 Å². The minimum atomic E-state index is -3.56. The lowest BCUT2D eigenvalue weighted by Crippen LogP contribution is -2.63. The number of rotatable bonds is 13. The summed E-state index contributed by atoms with van der Waals surface area (Å²) in [6.07, 6.45) is 8.76. The van der Waals surface area contributed by atoms with Gasteiger partial charge < -0.3 is 26.6 Å². The lowest BCUT2D eigenvalue weighted by atomic mass is 9.78. The Morgan fingerprint density at radius 3 is 1.96 bits per heavy atom. The van der Waals surface area contributed by atoms with Gasteiger partial charge in [0.15, 0.2) is 0 Å². The molecule has 4 rings (SSSR count). The highest BCUT2D eigenvalue weighted by Crippen LogP contribution is 2.65. The zero-order valence-electron chi connectivity index (χ0n) is 31.6. The Morgan fingerprint density at radius 2 is 1.48 bits per heavy atom. The molecule has 0 spiro atoms. The molecule has 1 aliphatic heterocycles. The van der Waals surface area contributed by atoms with Crippen molar-refractivity contribution in [3.63, 3.8) is 0 Å². The van der Waals surface area contributed by atoms with Crippen LogP contribution in [0.1, 0.15) is 107 Å². The number of nitrogens with zero attached hydrogens (tertiary/aromatic N) is 2. The zero-order chi connectivity index (χ0) is 37.6. The number of Topliss-reactive ketones (excluding diaryl/α,β-unsaturated/α-hetero) is 1. The number of hydrogen-bond donors (Lipinski definition) is 4. The van der Waals surface area contributed by atoms with E-state index in [1.807, 2.05) is 41.5 Å². The van der Waals surface area contributed by atoms with Crippen molar-refractivity contribution < 1.29 is 32.4 Å². The molecule has 1 unspecified atom stereocenters. The Hall–Kier alpha value is -2.74. The molecule has 0 aromatic heterocycles. The van der Waals surface area contributed by atoms with Gasteiger partial charge in [0.1, 0.15) is 18.1 Å². The van der Waals surface area contributed by atoms with Crippen LogP contribution in [0.5, 0.6) is 0 Å². The number of fused-ring (bicyclic) bond motifs is 1. The van der Waals surface area contributed by atoms with Crippen molar-refractivity contribution in [1.82, 2.24) is 25.2 Å². The van der Waals surface area contributed by atoms with Crippen LogP contribution < -0.4 is 21.7 Å². The fraction of sp³-hybridized carbons (Fsp3) is 0.861. The van der Waals surface area contributed by atoms with E-state index in [1.54, 1.807) is 0 Å². The number of carbonyl (C=O) groups excluding carboxylic acids is 5. The largest absolute Gasteiger partial charge is 0.363 e. The Kier molecular flexibility index (Phi) is 11.8. The van der Waals surface area contributed by atoms with Crippen molar-refractivity contribution in [3.05, 3.63) is 0 Å². The third-order valence-corrected chi connectivity index (χ3v) is 13.2. The fourth-order valence-electron chi connectivity index (χ4n) is 8.26. The second kappa shape index (κ2) is 14.7. The summed E-state index contributed by atoms with van der Waals surface area (Å²) in [5, 5.41) is 8.70. The van der Waals surface area contributed by atoms with Crippen molar-refractivity contribution in [3.8, 4) is 0 Å². The number of primary amides is 1. The van der Waals surface area contributed by atoms with Crippen molar-refractivity contribution in [2.75, 3.05) is 25.9 Å². The molecule has 5 N–H and O–H groups in total. The van der Waals surface area contributed by atoms with Gasteiger partial charge in [0, 0.05) is 25.7 Å². The fourth-order valence-corrected chi connectivity index (χ4v) is 9.17. The van der Waals surface area contributed by atoms with Crippen LogP contribution in [-0.2, 0) is 29.2 Å². The molecule has 0 radical (unpaired) electrons. The van der Waals surface area contributed by atoms with Gasteiger partial charge in [-0.25, -0.2) is 13.2 Å². The number of likely N-dealkylation sites (tertiary alicyclic amines) is 1. The van der Waals surface area contributed by atoms with E-state index in [4.69, 9.17) is 5.73 Å². The molecule has 14 heteroatoms. The SMILES string of the molecule is CC(C)(C)[C@H](NC(=O)N[C@H](CN(CC1CCCCC1)S(C)(=O)=O)C(C)(C)C)C(=O)N1C[C@H]2[C@@H]([C@H]1C(=O)NC(C(=O)C(N)=O)C1CCC1)C2(C)C. The van der Waals surface area contributed by atoms with Crippen molar-refractivity contribution in [2.45, 2.75) is 131 Å². The van der Waals surface area contributed by atoms with Crippen LogP contribution in [0.2, 0.25) is 0 Å². The number of nitrogens with two attached hydrogens (primary N) is 1. The number of hydrogen-bond acceptors (Lipinski definition) is 7. The van der Waals surface area contributed by atoms with Crippen molar-refractivity contribution in [1.29, 1.82) is 0 Å². The summed E-state index contributed by atoms with van der Waals surface area (Å²) in [5.41, 5.74) is 3.86. The van der Waals surface area contributed by atoms with Gasteiger partial charge in [0.05, 0.1) is 6.26 Å². The van der Waals surface area contributed by atoms with Gasteiger partial charge in [-0.3, -0.25) is 19.2 Å². The predicted octanol–water partition coefficient (Wildman–Crippen LogP) is 2.78. The molecular weight excluding hydrogens is 660 g/mol. The van der Waals surface area contributed by atoms with Gasteiger partial charge in [-0.15, -0.1) is 0 Å². The monoisotopic (exact) mass is 722 g/mol. The molecule has 0 aromatic carbocycles. The Labute approximate surface area is 299 Å². The highest BCUT2D eigenvalue weighted by molar-refractivity contribution is 7.88. The molecule has 6 atom stereocenters. The summed E-state index contributed by atoms with van der Waals surface area (Å²) in [4.78, 5) is 68.3. The van der Waals surface area contributed by atoms with E-state index in [-0.39, 0.29) is 35.6 Å². The van der Waals surface area contributed by atoms with E-state index < -0.39 is 74.6 Å². The summed E-state index contributed by atoms with van der Waals surface area (Å²) in [5.74, 6) is -2.85. The van der Waals surface area contributed by atoms with E-state index >= 15 is 0 Å². The van der Waals surface area contributed by atoms with Crippen LogP contribution in [0.15, 0.2) is 0 Å². The Balaban J connectivity index is 1.52. The third-order valence-electron chi connectivity index (χ3n) is 12.0. The topological polar surface area (TPSA) is 188 Å². The molecule has 4 fully saturated rings. The van der Waals surface area contributed by atoms with Crippen molar-refractivity contribution >= 4 is 39.6 Å². The quantitative estimate of drug-likeness (QED) is 0.210. The van der Waals surface area contributed by atoms with E-state index in [1.165, 1.54) is 15.5 Å². The van der Waals surface area contributed by atoms with Crippen LogP contribution >= 0.6 is 0 Å². The van der Waals surface area contributed by atoms with Gasteiger partial charge in [-0.1, -0.05) is 81.1 Å². The third kappa shape index (κ3) is 9.00. The standard InChI is InChI=1S/C36H62N6O7S/c1-34(2,3)24(20-41(50(9,48)49)18-21-14-11-10-12-15-21)38-33(47)40-29(35(4,5)6)32(46)42-19-23-25(36(23,7)8)27(42)31(45)39-26(22-16-13-17-22)28(43)30(37)44/h21-27,29H,10-20H2,1-9H3,(H2,37,44)(H,39,45)(H2,38,40,47)/t23-,24+,25-,26?,27-,29+/m0/s1. The molecule has 3 aliphatic carbocycles. The molecule has 13 nitrogen and oxygen atoms in total. The number of sulfonamides is 1. The first kappa shape index (κ1) is 40.0. The molecule has 50 heavy (non-hydrogen) atoms. The minimum Gasteiger partial charge on any atom is -0.363 e. The maximum absolute atomic E-state index is 14.4. The average molecular weight is 723 g/mol. The second-order valence-electron chi connectivity index (χ2n) is 18.2. The summed E-state index contributed by atoms with van der Waals surface area (Å²) in [6.45, 7) is 16.2. The summed E-state index contributed by atoms with van der Waals surface area (Å²) >= 11 is 0. The highest BCUT2D eigenvalue weighted by atomic mass is 32.2.